The molecule has 0 radical (unpaired) electrons. The fourth-order valence-corrected chi connectivity index (χ4v) is 2.68. The highest BCUT2D eigenvalue weighted by molar-refractivity contribution is 5.74. The second-order valence-electron chi connectivity index (χ2n) is 5.53. The molecule has 1 aliphatic carbocycles. The normalized spacial score (nSPS) is 16.6. The van der Waals surface area contributed by atoms with E-state index in [1.54, 1.807) is 30.5 Å². The van der Waals surface area contributed by atoms with Crippen LogP contribution in [0, 0.1) is 0 Å². The van der Waals surface area contributed by atoms with Crippen molar-refractivity contribution < 1.29 is 18.7 Å². The topological polar surface area (TPSA) is 87.6 Å². The Kier molecular flexibility index (Phi) is 4.48. The van der Waals surface area contributed by atoms with Gasteiger partial charge in [-0.2, -0.15) is 0 Å². The lowest BCUT2D eigenvalue weighted by Crippen LogP contribution is -2.42. The molecule has 6 nitrogen and oxygen atoms in total. The van der Waals surface area contributed by atoms with Crippen molar-refractivity contribution in [2.24, 2.45) is 0 Å². The van der Waals surface area contributed by atoms with Crippen molar-refractivity contribution in [2.75, 3.05) is 6.54 Å². The molecule has 3 rings (SSSR count). The SMILES string of the molecule is O=C(NCC(O)c1ccc(-c2ccco2)o1)NC1CCCC1. The molecule has 0 aliphatic heterocycles. The second kappa shape index (κ2) is 6.70. The van der Waals surface area contributed by atoms with E-state index in [0.717, 1.165) is 25.7 Å². The molecule has 118 valence electrons. The summed E-state index contributed by atoms with van der Waals surface area (Å²) in [6.45, 7) is 0.101. The molecule has 2 aromatic rings. The third-order valence-corrected chi connectivity index (χ3v) is 3.87. The van der Waals surface area contributed by atoms with Crippen LogP contribution in [-0.4, -0.2) is 23.7 Å². The summed E-state index contributed by atoms with van der Waals surface area (Å²) in [5.74, 6) is 1.55. The van der Waals surface area contributed by atoms with E-state index < -0.39 is 6.10 Å². The van der Waals surface area contributed by atoms with Gasteiger partial charge < -0.3 is 24.6 Å². The summed E-state index contributed by atoms with van der Waals surface area (Å²) >= 11 is 0. The van der Waals surface area contributed by atoms with E-state index in [0.29, 0.717) is 17.3 Å². The van der Waals surface area contributed by atoms with Crippen molar-refractivity contribution in [3.63, 3.8) is 0 Å². The fourth-order valence-electron chi connectivity index (χ4n) is 2.68. The lowest BCUT2D eigenvalue weighted by molar-refractivity contribution is 0.148. The highest BCUT2D eigenvalue weighted by atomic mass is 16.4. The molecule has 22 heavy (non-hydrogen) atoms. The van der Waals surface area contributed by atoms with Crippen LogP contribution in [0.1, 0.15) is 37.5 Å². The summed E-state index contributed by atoms with van der Waals surface area (Å²) in [7, 11) is 0. The molecule has 1 unspecified atom stereocenters. The Labute approximate surface area is 128 Å². The number of aliphatic hydroxyl groups excluding tert-OH is 1. The number of hydrogen-bond acceptors (Lipinski definition) is 4. The summed E-state index contributed by atoms with van der Waals surface area (Å²) in [5.41, 5.74) is 0. The van der Waals surface area contributed by atoms with Crippen molar-refractivity contribution in [1.29, 1.82) is 0 Å². The van der Waals surface area contributed by atoms with E-state index >= 15 is 0 Å². The van der Waals surface area contributed by atoms with Crippen LogP contribution >= 0.6 is 0 Å². The molecule has 3 N–H and O–H groups in total. The van der Waals surface area contributed by atoms with Gasteiger partial charge in [-0.05, 0) is 37.1 Å². The third-order valence-electron chi connectivity index (χ3n) is 3.87. The number of furan rings is 2. The molecule has 0 bridgehead atoms. The largest absolute Gasteiger partial charge is 0.461 e. The predicted octanol–water partition coefficient (Wildman–Crippen LogP) is 2.81. The maximum absolute atomic E-state index is 11.7. The number of carbonyl (C=O) groups excluding carboxylic acids is 1. The van der Waals surface area contributed by atoms with Gasteiger partial charge in [0, 0.05) is 6.04 Å². The van der Waals surface area contributed by atoms with E-state index in [2.05, 4.69) is 10.6 Å². The average Bonchev–Trinajstić information content (AvgIpc) is 3.23. The van der Waals surface area contributed by atoms with E-state index in [1.165, 1.54) is 0 Å². The Hall–Kier alpha value is -2.21. The lowest BCUT2D eigenvalue weighted by atomic mass is 10.2. The minimum Gasteiger partial charge on any atom is -0.461 e. The summed E-state index contributed by atoms with van der Waals surface area (Å²) in [4.78, 5) is 11.7. The van der Waals surface area contributed by atoms with E-state index in [9.17, 15) is 9.90 Å². The van der Waals surface area contributed by atoms with Gasteiger partial charge in [0.2, 0.25) is 0 Å². The van der Waals surface area contributed by atoms with Crippen molar-refractivity contribution in [3.05, 3.63) is 36.3 Å². The van der Waals surface area contributed by atoms with Gasteiger partial charge in [0.05, 0.1) is 12.8 Å². The van der Waals surface area contributed by atoms with Crippen LogP contribution in [-0.2, 0) is 0 Å². The highest BCUT2D eigenvalue weighted by Crippen LogP contribution is 2.25. The Morgan fingerprint density at radius 2 is 2.09 bits per heavy atom. The van der Waals surface area contributed by atoms with Crippen molar-refractivity contribution in [3.8, 4) is 11.5 Å². The number of nitrogens with one attached hydrogen (secondary N) is 2. The van der Waals surface area contributed by atoms with Crippen LogP contribution in [0.25, 0.3) is 11.5 Å². The maximum atomic E-state index is 11.7. The quantitative estimate of drug-likeness (QED) is 0.792. The van der Waals surface area contributed by atoms with Gasteiger partial charge in [0.1, 0.15) is 11.9 Å². The fraction of sp³-hybridized carbons (Fsp3) is 0.438. The molecule has 6 heteroatoms. The van der Waals surface area contributed by atoms with Crippen LogP contribution in [0.5, 0.6) is 0 Å². The van der Waals surface area contributed by atoms with Gasteiger partial charge in [0.25, 0.3) is 0 Å². The molecule has 0 aromatic carbocycles. The molecule has 1 aliphatic rings. The van der Waals surface area contributed by atoms with Gasteiger partial charge in [0.15, 0.2) is 11.5 Å². The zero-order chi connectivity index (χ0) is 15.4. The number of amides is 2. The van der Waals surface area contributed by atoms with Crippen LogP contribution in [0.15, 0.2) is 39.4 Å². The van der Waals surface area contributed by atoms with Crippen molar-refractivity contribution >= 4 is 6.03 Å². The first kappa shape index (κ1) is 14.7. The van der Waals surface area contributed by atoms with Crippen molar-refractivity contribution in [2.45, 2.75) is 37.8 Å². The van der Waals surface area contributed by atoms with Crippen LogP contribution in [0.2, 0.25) is 0 Å². The smallest absolute Gasteiger partial charge is 0.315 e. The first-order chi connectivity index (χ1) is 10.7. The average molecular weight is 304 g/mol. The van der Waals surface area contributed by atoms with Gasteiger partial charge >= 0.3 is 6.03 Å². The lowest BCUT2D eigenvalue weighted by Gasteiger charge is -2.14. The molecule has 2 heterocycles. The van der Waals surface area contributed by atoms with Crippen LogP contribution in [0.4, 0.5) is 4.79 Å². The maximum Gasteiger partial charge on any atom is 0.315 e. The monoisotopic (exact) mass is 304 g/mol. The van der Waals surface area contributed by atoms with Gasteiger partial charge in [-0.25, -0.2) is 4.79 Å². The van der Waals surface area contributed by atoms with Crippen LogP contribution < -0.4 is 10.6 Å². The van der Waals surface area contributed by atoms with E-state index in [-0.39, 0.29) is 18.6 Å². The third kappa shape index (κ3) is 3.51. The molecule has 0 saturated heterocycles. The number of rotatable bonds is 5. The van der Waals surface area contributed by atoms with E-state index in [1.807, 2.05) is 0 Å². The number of urea groups is 1. The van der Waals surface area contributed by atoms with Gasteiger partial charge in [-0.1, -0.05) is 12.8 Å². The number of carbonyl (C=O) groups is 1. The Morgan fingerprint density at radius 1 is 1.27 bits per heavy atom. The molecule has 1 fully saturated rings. The first-order valence-electron chi connectivity index (χ1n) is 7.58. The molecular formula is C16H20N2O4. The standard InChI is InChI=1S/C16H20N2O4/c19-12(10-17-16(20)18-11-4-1-2-5-11)13-7-8-15(22-13)14-6-3-9-21-14/h3,6-9,11-12,19H,1-2,4-5,10H2,(H2,17,18,20). The molecule has 2 amide bonds. The molecule has 0 spiro atoms. The Bertz CT molecular complexity index is 599. The molecule has 1 atom stereocenters. The summed E-state index contributed by atoms with van der Waals surface area (Å²) < 4.78 is 10.8. The van der Waals surface area contributed by atoms with Crippen molar-refractivity contribution in [1.82, 2.24) is 10.6 Å². The molecule has 1 saturated carbocycles. The first-order valence-corrected chi connectivity index (χ1v) is 7.58. The minimum absolute atomic E-state index is 0.101. The number of aliphatic hydroxyl groups is 1. The highest BCUT2D eigenvalue weighted by Gasteiger charge is 2.19. The molecular weight excluding hydrogens is 284 g/mol. The minimum atomic E-state index is -0.891. The van der Waals surface area contributed by atoms with Crippen LogP contribution in [0.3, 0.4) is 0 Å². The Morgan fingerprint density at radius 3 is 2.82 bits per heavy atom. The summed E-state index contributed by atoms with van der Waals surface area (Å²) in [6.07, 6.45) is 5.05. The van der Waals surface area contributed by atoms with Gasteiger partial charge in [-0.15, -0.1) is 0 Å². The Balaban J connectivity index is 1.49. The molecule has 2 aromatic heterocycles. The van der Waals surface area contributed by atoms with Gasteiger partial charge in [-0.3, -0.25) is 0 Å². The summed E-state index contributed by atoms with van der Waals surface area (Å²) in [6, 6.07) is 6.97. The summed E-state index contributed by atoms with van der Waals surface area (Å²) in [5, 5.41) is 15.6. The zero-order valence-corrected chi connectivity index (χ0v) is 12.2. The van der Waals surface area contributed by atoms with E-state index in [4.69, 9.17) is 8.83 Å². The predicted molar refractivity (Wildman–Crippen MR) is 80.2 cm³/mol. The zero-order valence-electron chi connectivity index (χ0n) is 12.2. The second-order valence-corrected chi connectivity index (χ2v) is 5.53. The number of hydrogen-bond donors (Lipinski definition) is 3.